The minimum Gasteiger partial charge on any atom is -0.347 e. The first kappa shape index (κ1) is 18.9. The van der Waals surface area contributed by atoms with Crippen LogP contribution in [-0.2, 0) is 4.79 Å². The smallest absolute Gasteiger partial charge is 0.300 e. The minimum absolute atomic E-state index is 0.00121. The van der Waals surface area contributed by atoms with E-state index in [4.69, 9.17) is 0 Å². The van der Waals surface area contributed by atoms with Gasteiger partial charge in [0.15, 0.2) is 0 Å². The Balaban J connectivity index is 1.20. The molecule has 4 nitrogen and oxygen atoms in total. The third kappa shape index (κ3) is 3.98. The van der Waals surface area contributed by atoms with Crippen LogP contribution in [0.2, 0.25) is 0 Å². The SMILES string of the molecule is O=C(C#Cc1ccccc1)Nc1ccc(C(=O)NC23CC4CC(CC(C4)C2)C3)cc1. The maximum Gasteiger partial charge on any atom is 0.300 e. The van der Waals surface area contributed by atoms with Gasteiger partial charge in [0.1, 0.15) is 0 Å². The summed E-state index contributed by atoms with van der Waals surface area (Å²) in [6, 6.07) is 16.5. The number of nitrogens with one attached hydrogen (secondary N) is 2. The lowest BCUT2D eigenvalue weighted by molar-refractivity contribution is -0.111. The normalized spacial score (nSPS) is 28.3. The standard InChI is InChI=1S/C26H26N2O2/c29-24(11-6-18-4-2-1-3-5-18)27-23-9-7-22(8-10-23)25(30)28-26-15-19-12-20(16-26)14-21(13-19)17-26/h1-5,7-10,19-21H,12-17H2,(H,27,29)(H,28,30). The van der Waals surface area contributed by atoms with E-state index in [1.54, 1.807) is 24.3 Å². The molecular weight excluding hydrogens is 372 g/mol. The molecular formula is C26H26N2O2. The van der Waals surface area contributed by atoms with Gasteiger partial charge in [-0.15, -0.1) is 0 Å². The second-order valence-corrected chi connectivity index (χ2v) is 9.30. The Labute approximate surface area is 177 Å². The van der Waals surface area contributed by atoms with Gasteiger partial charge in [-0.2, -0.15) is 0 Å². The average Bonchev–Trinajstić information content (AvgIpc) is 2.72. The van der Waals surface area contributed by atoms with Crippen LogP contribution in [0.5, 0.6) is 0 Å². The molecule has 0 radical (unpaired) electrons. The van der Waals surface area contributed by atoms with Gasteiger partial charge in [-0.3, -0.25) is 9.59 Å². The van der Waals surface area contributed by atoms with E-state index in [1.807, 2.05) is 30.3 Å². The van der Waals surface area contributed by atoms with E-state index in [9.17, 15) is 9.59 Å². The maximum absolute atomic E-state index is 12.9. The average molecular weight is 399 g/mol. The third-order valence-corrected chi connectivity index (χ3v) is 6.92. The fourth-order valence-corrected chi connectivity index (χ4v) is 6.09. The molecule has 30 heavy (non-hydrogen) atoms. The molecule has 0 aromatic heterocycles. The van der Waals surface area contributed by atoms with Crippen molar-refractivity contribution in [2.75, 3.05) is 5.32 Å². The summed E-state index contributed by atoms with van der Waals surface area (Å²) in [5.41, 5.74) is 2.07. The van der Waals surface area contributed by atoms with Gasteiger partial charge in [-0.05, 0) is 92.7 Å². The van der Waals surface area contributed by atoms with E-state index in [-0.39, 0.29) is 17.4 Å². The highest BCUT2D eigenvalue weighted by Gasteiger charge is 2.51. The van der Waals surface area contributed by atoms with Crippen molar-refractivity contribution in [3.05, 3.63) is 65.7 Å². The van der Waals surface area contributed by atoms with E-state index >= 15 is 0 Å². The predicted octanol–water partition coefficient (Wildman–Crippen LogP) is 4.38. The van der Waals surface area contributed by atoms with E-state index in [1.165, 1.54) is 19.3 Å². The van der Waals surface area contributed by atoms with E-state index in [2.05, 4.69) is 22.5 Å². The van der Waals surface area contributed by atoms with Gasteiger partial charge < -0.3 is 10.6 Å². The number of hydrogen-bond donors (Lipinski definition) is 2. The van der Waals surface area contributed by atoms with Crippen LogP contribution in [0, 0.1) is 29.6 Å². The van der Waals surface area contributed by atoms with E-state index in [0.717, 1.165) is 42.6 Å². The van der Waals surface area contributed by atoms with E-state index in [0.29, 0.717) is 11.3 Å². The van der Waals surface area contributed by atoms with Crippen LogP contribution < -0.4 is 10.6 Å². The minimum atomic E-state index is -0.371. The Morgan fingerprint density at radius 1 is 0.833 bits per heavy atom. The number of benzene rings is 2. The molecule has 2 N–H and O–H groups in total. The molecule has 2 aromatic carbocycles. The van der Waals surface area contributed by atoms with Crippen LogP contribution in [0.25, 0.3) is 0 Å². The maximum atomic E-state index is 12.9. The molecule has 0 spiro atoms. The van der Waals surface area contributed by atoms with Gasteiger partial charge in [-0.1, -0.05) is 24.1 Å². The van der Waals surface area contributed by atoms with Gasteiger partial charge in [0.05, 0.1) is 0 Å². The predicted molar refractivity (Wildman–Crippen MR) is 117 cm³/mol. The summed E-state index contributed by atoms with van der Waals surface area (Å²) >= 11 is 0. The van der Waals surface area contributed by atoms with Crippen molar-refractivity contribution in [2.24, 2.45) is 17.8 Å². The molecule has 0 heterocycles. The lowest BCUT2D eigenvalue weighted by Crippen LogP contribution is -2.59. The highest BCUT2D eigenvalue weighted by Crippen LogP contribution is 2.55. The molecule has 4 aliphatic carbocycles. The Kier molecular flexibility index (Phi) is 4.83. The zero-order valence-corrected chi connectivity index (χ0v) is 17.0. The highest BCUT2D eigenvalue weighted by atomic mass is 16.2. The summed E-state index contributed by atoms with van der Waals surface area (Å²) in [4.78, 5) is 25.0. The number of carbonyl (C=O) groups excluding carboxylic acids is 2. The van der Waals surface area contributed by atoms with Gasteiger partial charge in [-0.25, -0.2) is 0 Å². The van der Waals surface area contributed by atoms with Crippen molar-refractivity contribution >= 4 is 17.5 Å². The fourth-order valence-electron chi connectivity index (χ4n) is 6.09. The fraction of sp³-hybridized carbons (Fsp3) is 0.385. The van der Waals surface area contributed by atoms with Crippen molar-refractivity contribution in [2.45, 2.75) is 44.1 Å². The van der Waals surface area contributed by atoms with Gasteiger partial charge in [0.25, 0.3) is 5.91 Å². The lowest BCUT2D eigenvalue weighted by Gasteiger charge is -2.56. The first-order valence-corrected chi connectivity index (χ1v) is 10.9. The Morgan fingerprint density at radius 2 is 1.43 bits per heavy atom. The topological polar surface area (TPSA) is 58.2 Å². The number of rotatable bonds is 3. The molecule has 0 atom stereocenters. The number of anilines is 1. The second kappa shape index (κ2) is 7.65. The zero-order valence-electron chi connectivity index (χ0n) is 17.0. The molecule has 152 valence electrons. The number of amides is 2. The van der Waals surface area contributed by atoms with Crippen LogP contribution in [-0.4, -0.2) is 17.4 Å². The van der Waals surface area contributed by atoms with Crippen LogP contribution in [0.4, 0.5) is 5.69 Å². The third-order valence-electron chi connectivity index (χ3n) is 6.92. The van der Waals surface area contributed by atoms with Crippen molar-refractivity contribution < 1.29 is 9.59 Å². The summed E-state index contributed by atoms with van der Waals surface area (Å²) < 4.78 is 0. The molecule has 4 fully saturated rings. The van der Waals surface area contributed by atoms with E-state index < -0.39 is 0 Å². The van der Waals surface area contributed by atoms with Crippen LogP contribution in [0.15, 0.2) is 54.6 Å². The summed E-state index contributed by atoms with van der Waals surface area (Å²) in [6.45, 7) is 0. The molecule has 6 rings (SSSR count). The molecule has 2 aromatic rings. The molecule has 0 unspecified atom stereocenters. The summed E-state index contributed by atoms with van der Waals surface area (Å²) in [5, 5.41) is 6.15. The zero-order chi connectivity index (χ0) is 20.6. The largest absolute Gasteiger partial charge is 0.347 e. The Morgan fingerprint density at radius 3 is 2.03 bits per heavy atom. The van der Waals surface area contributed by atoms with Crippen molar-refractivity contribution in [3.63, 3.8) is 0 Å². The van der Waals surface area contributed by atoms with Crippen molar-refractivity contribution in [1.29, 1.82) is 0 Å². The van der Waals surface area contributed by atoms with Gasteiger partial charge in [0.2, 0.25) is 0 Å². The summed E-state index contributed by atoms with van der Waals surface area (Å²) in [7, 11) is 0. The first-order valence-electron chi connectivity index (χ1n) is 10.9. The van der Waals surface area contributed by atoms with Crippen LogP contribution in [0.3, 0.4) is 0 Å². The highest BCUT2D eigenvalue weighted by molar-refractivity contribution is 6.04. The van der Waals surface area contributed by atoms with Crippen LogP contribution >= 0.6 is 0 Å². The van der Waals surface area contributed by atoms with Crippen molar-refractivity contribution in [3.8, 4) is 11.8 Å². The molecule has 2 amide bonds. The number of carbonyl (C=O) groups is 2. The molecule has 4 saturated carbocycles. The molecule has 0 saturated heterocycles. The number of hydrogen-bond acceptors (Lipinski definition) is 2. The second-order valence-electron chi connectivity index (χ2n) is 9.30. The first-order chi connectivity index (χ1) is 14.6. The quantitative estimate of drug-likeness (QED) is 0.754. The Hall–Kier alpha value is -3.06. The summed E-state index contributed by atoms with van der Waals surface area (Å²) in [6.07, 6.45) is 7.49. The van der Waals surface area contributed by atoms with Gasteiger partial charge >= 0.3 is 5.91 Å². The monoisotopic (exact) mass is 398 g/mol. The molecule has 4 heteroatoms. The lowest BCUT2D eigenvalue weighted by atomic mass is 9.53. The van der Waals surface area contributed by atoms with Gasteiger partial charge in [0, 0.05) is 28.3 Å². The Bertz CT molecular complexity index is 979. The molecule has 0 aliphatic heterocycles. The molecule has 4 bridgehead atoms. The van der Waals surface area contributed by atoms with Crippen molar-refractivity contribution in [1.82, 2.24) is 5.32 Å². The molecule has 4 aliphatic rings. The van der Waals surface area contributed by atoms with Crippen LogP contribution in [0.1, 0.15) is 54.4 Å². The summed E-state index contributed by atoms with van der Waals surface area (Å²) in [5.74, 6) is 7.45.